The summed E-state index contributed by atoms with van der Waals surface area (Å²) in [5, 5.41) is 8.79. The number of carbonyl (C=O) groups is 1. The molecule has 0 saturated heterocycles. The molecule has 76 valence electrons. The predicted octanol–water partition coefficient (Wildman–Crippen LogP) is 1.07. The second kappa shape index (κ2) is 3.95. The van der Waals surface area contributed by atoms with E-state index in [4.69, 9.17) is 15.6 Å². The fourth-order valence-corrected chi connectivity index (χ4v) is 1.09. The molecule has 1 aromatic rings. The zero-order chi connectivity index (χ0) is 10.7. The quantitative estimate of drug-likeness (QED) is 0.755. The Kier molecular flexibility index (Phi) is 2.91. The number of anilines is 1. The molecular formula is C9H12N2O3. The van der Waals surface area contributed by atoms with Crippen LogP contribution in [0.5, 0.6) is 5.88 Å². The smallest absolute Gasteiger partial charge is 0.354 e. The van der Waals surface area contributed by atoms with Crippen LogP contribution in [0.2, 0.25) is 0 Å². The van der Waals surface area contributed by atoms with Crippen LogP contribution in [0.3, 0.4) is 0 Å². The largest absolute Gasteiger partial charge is 0.477 e. The molecule has 5 nitrogen and oxygen atoms in total. The average molecular weight is 196 g/mol. The van der Waals surface area contributed by atoms with Crippen LogP contribution in [0, 0.1) is 6.92 Å². The molecule has 0 bridgehead atoms. The van der Waals surface area contributed by atoms with Gasteiger partial charge in [-0.1, -0.05) is 0 Å². The summed E-state index contributed by atoms with van der Waals surface area (Å²) in [6.07, 6.45) is 0. The maximum absolute atomic E-state index is 10.7. The monoisotopic (exact) mass is 196 g/mol. The lowest BCUT2D eigenvalue weighted by Gasteiger charge is -2.08. The molecule has 5 heteroatoms. The SMILES string of the molecule is CCOc1nc(C(=O)O)c(C)cc1N. The van der Waals surface area contributed by atoms with Crippen molar-refractivity contribution in [3.63, 3.8) is 0 Å². The van der Waals surface area contributed by atoms with Crippen LogP contribution in [0.25, 0.3) is 0 Å². The second-order valence-electron chi connectivity index (χ2n) is 2.79. The summed E-state index contributed by atoms with van der Waals surface area (Å²) in [4.78, 5) is 14.5. The number of nitrogens with two attached hydrogens (primary N) is 1. The van der Waals surface area contributed by atoms with Gasteiger partial charge >= 0.3 is 5.97 Å². The van der Waals surface area contributed by atoms with E-state index in [0.717, 1.165) is 0 Å². The zero-order valence-electron chi connectivity index (χ0n) is 8.07. The van der Waals surface area contributed by atoms with E-state index in [0.29, 0.717) is 17.9 Å². The van der Waals surface area contributed by atoms with Gasteiger partial charge in [0.15, 0.2) is 5.69 Å². The number of carboxylic acids is 1. The third kappa shape index (κ3) is 1.93. The minimum absolute atomic E-state index is 0.0253. The van der Waals surface area contributed by atoms with Gasteiger partial charge in [0.25, 0.3) is 0 Å². The van der Waals surface area contributed by atoms with Gasteiger partial charge in [0, 0.05) is 0 Å². The van der Waals surface area contributed by atoms with Crippen molar-refractivity contribution in [1.82, 2.24) is 4.98 Å². The van der Waals surface area contributed by atoms with E-state index in [9.17, 15) is 4.79 Å². The van der Waals surface area contributed by atoms with Crippen LogP contribution >= 0.6 is 0 Å². The van der Waals surface area contributed by atoms with E-state index >= 15 is 0 Å². The highest BCUT2D eigenvalue weighted by Gasteiger charge is 2.13. The topological polar surface area (TPSA) is 85.4 Å². The van der Waals surface area contributed by atoms with Gasteiger partial charge in [-0.2, -0.15) is 0 Å². The summed E-state index contributed by atoms with van der Waals surface area (Å²) in [5.41, 5.74) is 6.45. The van der Waals surface area contributed by atoms with Crippen molar-refractivity contribution < 1.29 is 14.6 Å². The molecule has 0 amide bonds. The van der Waals surface area contributed by atoms with E-state index < -0.39 is 5.97 Å². The molecule has 0 radical (unpaired) electrons. The third-order valence-electron chi connectivity index (χ3n) is 1.69. The number of carboxylic acid groups (broad SMARTS) is 1. The fraction of sp³-hybridized carbons (Fsp3) is 0.333. The van der Waals surface area contributed by atoms with E-state index in [-0.39, 0.29) is 11.6 Å². The van der Waals surface area contributed by atoms with Gasteiger partial charge in [-0.15, -0.1) is 0 Å². The maximum Gasteiger partial charge on any atom is 0.354 e. The number of hydrogen-bond donors (Lipinski definition) is 2. The van der Waals surface area contributed by atoms with E-state index in [1.54, 1.807) is 19.9 Å². The Labute approximate surface area is 81.5 Å². The first-order chi connectivity index (χ1) is 6.56. The number of ether oxygens (including phenoxy) is 1. The van der Waals surface area contributed by atoms with Gasteiger partial charge in [-0.3, -0.25) is 0 Å². The highest BCUT2D eigenvalue weighted by atomic mass is 16.5. The van der Waals surface area contributed by atoms with Crippen LogP contribution in [0.15, 0.2) is 6.07 Å². The predicted molar refractivity (Wildman–Crippen MR) is 51.5 cm³/mol. The standard InChI is InChI=1S/C9H12N2O3/c1-3-14-8-6(10)4-5(2)7(11-8)9(12)13/h4H,3,10H2,1-2H3,(H,12,13). The first-order valence-electron chi connectivity index (χ1n) is 4.19. The number of aryl methyl sites for hydroxylation is 1. The Morgan fingerprint density at radius 1 is 1.71 bits per heavy atom. The molecule has 3 N–H and O–H groups in total. The lowest BCUT2D eigenvalue weighted by molar-refractivity contribution is 0.0688. The first-order valence-corrected chi connectivity index (χ1v) is 4.19. The van der Waals surface area contributed by atoms with E-state index in [1.165, 1.54) is 0 Å². The molecule has 0 aliphatic heterocycles. The number of hydrogen-bond acceptors (Lipinski definition) is 4. The van der Waals surface area contributed by atoms with Crippen molar-refractivity contribution in [2.45, 2.75) is 13.8 Å². The summed E-state index contributed by atoms with van der Waals surface area (Å²) < 4.78 is 5.08. The van der Waals surface area contributed by atoms with Crippen molar-refractivity contribution in [3.05, 3.63) is 17.3 Å². The van der Waals surface area contributed by atoms with Crippen LogP contribution < -0.4 is 10.5 Å². The van der Waals surface area contributed by atoms with Gasteiger partial charge in [-0.05, 0) is 25.5 Å². The number of nitrogens with zero attached hydrogens (tertiary/aromatic N) is 1. The molecule has 0 atom stereocenters. The molecule has 1 rings (SSSR count). The Morgan fingerprint density at radius 3 is 2.86 bits per heavy atom. The van der Waals surface area contributed by atoms with Gasteiger partial charge < -0.3 is 15.6 Å². The Morgan fingerprint density at radius 2 is 2.36 bits per heavy atom. The van der Waals surface area contributed by atoms with Crippen molar-refractivity contribution >= 4 is 11.7 Å². The molecule has 14 heavy (non-hydrogen) atoms. The van der Waals surface area contributed by atoms with Crippen molar-refractivity contribution in [1.29, 1.82) is 0 Å². The number of nitrogen functional groups attached to an aromatic ring is 1. The summed E-state index contributed by atoms with van der Waals surface area (Å²) in [5.74, 6) is -0.904. The first kappa shape index (κ1) is 10.3. The van der Waals surface area contributed by atoms with Gasteiger partial charge in [0.2, 0.25) is 5.88 Å². The highest BCUT2D eigenvalue weighted by molar-refractivity contribution is 5.87. The molecule has 0 fully saturated rings. The van der Waals surface area contributed by atoms with Gasteiger partial charge in [0.1, 0.15) is 0 Å². The number of aromatic nitrogens is 1. The molecule has 0 spiro atoms. The fourth-order valence-electron chi connectivity index (χ4n) is 1.09. The summed E-state index contributed by atoms with van der Waals surface area (Å²) in [7, 11) is 0. The number of aromatic carboxylic acids is 1. The summed E-state index contributed by atoms with van der Waals surface area (Å²) in [6, 6.07) is 1.54. The van der Waals surface area contributed by atoms with E-state index in [1.807, 2.05) is 0 Å². The molecule has 0 aliphatic carbocycles. The van der Waals surface area contributed by atoms with Crippen molar-refractivity contribution in [2.75, 3.05) is 12.3 Å². The lowest BCUT2D eigenvalue weighted by Crippen LogP contribution is -2.08. The van der Waals surface area contributed by atoms with Crippen LogP contribution in [0.4, 0.5) is 5.69 Å². The normalized spacial score (nSPS) is 9.86. The molecule has 1 aromatic heterocycles. The number of rotatable bonds is 3. The van der Waals surface area contributed by atoms with Crippen LogP contribution in [0.1, 0.15) is 23.0 Å². The molecule has 0 aromatic carbocycles. The van der Waals surface area contributed by atoms with Crippen molar-refractivity contribution in [2.24, 2.45) is 0 Å². The van der Waals surface area contributed by atoms with Crippen molar-refractivity contribution in [3.8, 4) is 5.88 Å². The van der Waals surface area contributed by atoms with Gasteiger partial charge in [0.05, 0.1) is 12.3 Å². The Balaban J connectivity index is 3.20. The molecule has 0 unspecified atom stereocenters. The van der Waals surface area contributed by atoms with Crippen LogP contribution in [-0.2, 0) is 0 Å². The lowest BCUT2D eigenvalue weighted by atomic mass is 10.2. The minimum atomic E-state index is -1.08. The third-order valence-corrected chi connectivity index (χ3v) is 1.69. The van der Waals surface area contributed by atoms with E-state index in [2.05, 4.69) is 4.98 Å². The molecule has 0 saturated carbocycles. The maximum atomic E-state index is 10.7. The minimum Gasteiger partial charge on any atom is -0.477 e. The highest BCUT2D eigenvalue weighted by Crippen LogP contribution is 2.21. The molecule has 0 aliphatic rings. The second-order valence-corrected chi connectivity index (χ2v) is 2.79. The Bertz CT molecular complexity index is 363. The molecule has 1 heterocycles. The Hall–Kier alpha value is -1.78. The number of pyridine rings is 1. The van der Waals surface area contributed by atoms with Crippen LogP contribution in [-0.4, -0.2) is 22.7 Å². The van der Waals surface area contributed by atoms with Gasteiger partial charge in [-0.25, -0.2) is 9.78 Å². The average Bonchev–Trinajstić information content (AvgIpc) is 2.09. The zero-order valence-corrected chi connectivity index (χ0v) is 8.07. The summed E-state index contributed by atoms with van der Waals surface area (Å²) >= 11 is 0. The summed E-state index contributed by atoms with van der Waals surface area (Å²) in [6.45, 7) is 3.82. The molecular weight excluding hydrogens is 184 g/mol.